The van der Waals surface area contributed by atoms with Gasteiger partial charge < -0.3 is 0 Å². The Morgan fingerprint density at radius 3 is 2.10 bits per heavy atom. The minimum Gasteiger partial charge on any atom is -0.207 e. The summed E-state index contributed by atoms with van der Waals surface area (Å²) in [7, 11) is -2.58. The van der Waals surface area contributed by atoms with Crippen LogP contribution in [-0.2, 0) is 25.6 Å². The molecule has 0 atom stereocenters. The highest BCUT2D eigenvalue weighted by molar-refractivity contribution is 8.13. The van der Waals surface area contributed by atoms with E-state index in [0.717, 1.165) is 11.6 Å². The monoisotopic (exact) mass is 345 g/mol. The number of hydrogen-bond acceptors (Lipinski definition) is 4. The van der Waals surface area contributed by atoms with Crippen molar-refractivity contribution in [3.05, 3.63) is 60.2 Å². The number of nitrogens with one attached hydrogen (secondary N) is 1. The van der Waals surface area contributed by atoms with E-state index in [9.17, 15) is 16.8 Å². The van der Waals surface area contributed by atoms with E-state index in [4.69, 9.17) is 10.7 Å². The second-order valence-electron chi connectivity index (χ2n) is 4.22. The first-order valence-electron chi connectivity index (χ1n) is 5.87. The summed E-state index contributed by atoms with van der Waals surface area (Å²) in [5, 5.41) is 0. The molecule has 2 rings (SSSR count). The van der Waals surface area contributed by atoms with Crippen LogP contribution in [-0.4, -0.2) is 16.8 Å². The summed E-state index contributed by atoms with van der Waals surface area (Å²) in [6.07, 6.45) is 0. The van der Waals surface area contributed by atoms with Gasteiger partial charge in [0.2, 0.25) is 10.0 Å². The molecule has 1 N–H and O–H groups in total. The van der Waals surface area contributed by atoms with Crippen molar-refractivity contribution in [3.63, 3.8) is 0 Å². The largest absolute Gasteiger partial charge is 0.261 e. The molecule has 0 aliphatic heterocycles. The molecule has 2 aromatic carbocycles. The number of rotatable bonds is 5. The van der Waals surface area contributed by atoms with Crippen LogP contribution in [0.25, 0.3) is 0 Å². The van der Waals surface area contributed by atoms with Crippen LogP contribution in [0.2, 0.25) is 0 Å². The molecule has 0 radical (unpaired) electrons. The molecule has 0 spiro atoms. The van der Waals surface area contributed by atoms with E-state index in [1.165, 1.54) is 18.2 Å². The first-order valence-corrected chi connectivity index (χ1v) is 9.67. The maximum Gasteiger partial charge on any atom is 0.261 e. The lowest BCUT2D eigenvalue weighted by Crippen LogP contribution is -2.23. The number of halogens is 1. The zero-order chi connectivity index (χ0) is 15.5. The van der Waals surface area contributed by atoms with Crippen LogP contribution in [0.5, 0.6) is 0 Å². The molecule has 0 saturated heterocycles. The van der Waals surface area contributed by atoms with Gasteiger partial charge in [0.05, 0.1) is 9.79 Å². The zero-order valence-electron chi connectivity index (χ0n) is 10.7. The fourth-order valence-corrected chi connectivity index (χ4v) is 3.59. The Morgan fingerprint density at radius 2 is 1.48 bits per heavy atom. The summed E-state index contributed by atoms with van der Waals surface area (Å²) in [6.45, 7) is 0.112. The first kappa shape index (κ1) is 16.0. The van der Waals surface area contributed by atoms with Gasteiger partial charge in [0.15, 0.2) is 0 Å². The summed E-state index contributed by atoms with van der Waals surface area (Å²) in [6, 6.07) is 13.9. The lowest BCUT2D eigenvalue weighted by atomic mass is 10.2. The van der Waals surface area contributed by atoms with Crippen LogP contribution < -0.4 is 4.72 Å². The van der Waals surface area contributed by atoms with E-state index in [2.05, 4.69) is 4.72 Å². The van der Waals surface area contributed by atoms with Gasteiger partial charge in [-0.05, 0) is 23.8 Å². The Bertz CT molecular complexity index is 833. The smallest absolute Gasteiger partial charge is 0.207 e. The Kier molecular flexibility index (Phi) is 4.67. The fraction of sp³-hybridized carbons (Fsp3) is 0.0769. The molecule has 112 valence electrons. The maximum atomic E-state index is 12.1. The topological polar surface area (TPSA) is 80.3 Å². The average Bonchev–Trinajstić information content (AvgIpc) is 2.46. The van der Waals surface area contributed by atoms with Gasteiger partial charge in [0.1, 0.15) is 0 Å². The molecule has 0 heterocycles. The number of hydrogen-bond donors (Lipinski definition) is 1. The van der Waals surface area contributed by atoms with Crippen LogP contribution in [0.4, 0.5) is 0 Å². The Hall–Kier alpha value is -1.41. The summed E-state index contributed by atoms with van der Waals surface area (Å²) in [4.78, 5) is -0.410. The van der Waals surface area contributed by atoms with E-state index in [0.29, 0.717) is 0 Å². The molecule has 8 heteroatoms. The zero-order valence-corrected chi connectivity index (χ0v) is 13.1. The molecule has 0 bridgehead atoms. The Morgan fingerprint density at radius 1 is 0.857 bits per heavy atom. The van der Waals surface area contributed by atoms with Gasteiger partial charge in [-0.1, -0.05) is 36.4 Å². The van der Waals surface area contributed by atoms with Crippen molar-refractivity contribution in [3.8, 4) is 0 Å². The van der Waals surface area contributed by atoms with E-state index in [1.54, 1.807) is 24.3 Å². The Balaban J connectivity index is 2.24. The van der Waals surface area contributed by atoms with Crippen molar-refractivity contribution in [1.29, 1.82) is 0 Å². The number of sulfonamides is 1. The van der Waals surface area contributed by atoms with Crippen molar-refractivity contribution in [2.24, 2.45) is 0 Å². The van der Waals surface area contributed by atoms with E-state index < -0.39 is 19.1 Å². The standard InChI is InChI=1S/C13H12ClNO4S2/c14-20(16,17)12-7-4-8-13(9-12)21(18,19)15-10-11-5-2-1-3-6-11/h1-9,15H,10H2. The second-order valence-corrected chi connectivity index (χ2v) is 8.56. The molecule has 0 fully saturated rings. The number of benzene rings is 2. The molecule has 0 unspecified atom stereocenters. The minimum atomic E-state index is -3.97. The molecule has 0 amide bonds. The predicted molar refractivity (Wildman–Crippen MR) is 79.9 cm³/mol. The fourth-order valence-electron chi connectivity index (χ4n) is 1.65. The van der Waals surface area contributed by atoms with Gasteiger partial charge in [-0.2, -0.15) is 0 Å². The van der Waals surface area contributed by atoms with Gasteiger partial charge >= 0.3 is 0 Å². The van der Waals surface area contributed by atoms with Gasteiger partial charge in [0, 0.05) is 17.2 Å². The molecule has 0 aliphatic rings. The quantitative estimate of drug-likeness (QED) is 0.841. The summed E-state index contributed by atoms with van der Waals surface area (Å²) < 4.78 is 49.2. The third kappa shape index (κ3) is 4.28. The SMILES string of the molecule is O=S(=O)(Cl)c1cccc(S(=O)(=O)NCc2ccccc2)c1. The van der Waals surface area contributed by atoms with Crippen LogP contribution in [0, 0.1) is 0 Å². The summed E-state index contributed by atoms with van der Waals surface area (Å²) in [5.74, 6) is 0. The van der Waals surface area contributed by atoms with Crippen molar-refractivity contribution in [2.75, 3.05) is 0 Å². The molecular formula is C13H12ClNO4S2. The third-order valence-electron chi connectivity index (χ3n) is 2.71. The van der Waals surface area contributed by atoms with Crippen molar-refractivity contribution in [1.82, 2.24) is 4.72 Å². The maximum absolute atomic E-state index is 12.1. The van der Waals surface area contributed by atoms with Gasteiger partial charge in [-0.25, -0.2) is 21.6 Å². The normalized spacial score (nSPS) is 12.2. The van der Waals surface area contributed by atoms with Crippen LogP contribution >= 0.6 is 10.7 Å². The van der Waals surface area contributed by atoms with Crippen molar-refractivity contribution in [2.45, 2.75) is 16.3 Å². The summed E-state index contributed by atoms with van der Waals surface area (Å²) in [5.41, 5.74) is 0.794. The molecule has 2 aromatic rings. The lowest BCUT2D eigenvalue weighted by Gasteiger charge is -2.07. The molecule has 21 heavy (non-hydrogen) atoms. The third-order valence-corrected chi connectivity index (χ3v) is 5.46. The molecule has 5 nitrogen and oxygen atoms in total. The van der Waals surface area contributed by atoms with Crippen molar-refractivity contribution >= 4 is 29.8 Å². The first-order chi connectivity index (χ1) is 9.79. The molecule has 0 saturated carbocycles. The van der Waals surface area contributed by atoms with Crippen LogP contribution in [0.3, 0.4) is 0 Å². The minimum absolute atomic E-state index is 0.112. The van der Waals surface area contributed by atoms with E-state index in [1.807, 2.05) is 6.07 Å². The van der Waals surface area contributed by atoms with Crippen LogP contribution in [0.15, 0.2) is 64.4 Å². The van der Waals surface area contributed by atoms with E-state index in [-0.39, 0.29) is 16.3 Å². The highest BCUT2D eigenvalue weighted by atomic mass is 35.7. The molecule has 0 aliphatic carbocycles. The summed E-state index contributed by atoms with van der Waals surface area (Å²) >= 11 is 0. The molecular weight excluding hydrogens is 334 g/mol. The Labute approximate surface area is 128 Å². The van der Waals surface area contributed by atoms with Crippen LogP contribution in [0.1, 0.15) is 5.56 Å². The van der Waals surface area contributed by atoms with Gasteiger partial charge in [0.25, 0.3) is 9.05 Å². The highest BCUT2D eigenvalue weighted by Gasteiger charge is 2.17. The lowest BCUT2D eigenvalue weighted by molar-refractivity contribution is 0.581. The highest BCUT2D eigenvalue weighted by Crippen LogP contribution is 2.19. The van der Waals surface area contributed by atoms with Crippen molar-refractivity contribution < 1.29 is 16.8 Å². The van der Waals surface area contributed by atoms with E-state index >= 15 is 0 Å². The average molecular weight is 346 g/mol. The molecule has 0 aromatic heterocycles. The predicted octanol–water partition coefficient (Wildman–Crippen LogP) is 2.09. The van der Waals surface area contributed by atoms with Gasteiger partial charge in [-0.3, -0.25) is 0 Å². The second kappa shape index (κ2) is 6.15. The van der Waals surface area contributed by atoms with Gasteiger partial charge in [-0.15, -0.1) is 0 Å².